The van der Waals surface area contributed by atoms with Gasteiger partial charge in [0.2, 0.25) is 5.82 Å². The minimum atomic E-state index is -0.538. The molecule has 4 nitrogen and oxygen atoms in total. The van der Waals surface area contributed by atoms with Crippen LogP contribution in [0, 0.1) is 5.82 Å². The van der Waals surface area contributed by atoms with Crippen LogP contribution in [0.1, 0.15) is 0 Å². The fourth-order valence-electron chi connectivity index (χ4n) is 1.73. The van der Waals surface area contributed by atoms with Gasteiger partial charge in [-0.05, 0) is 36.4 Å². The molecule has 0 aliphatic heterocycles. The third kappa shape index (κ3) is 2.35. The van der Waals surface area contributed by atoms with E-state index in [0.29, 0.717) is 10.8 Å². The van der Waals surface area contributed by atoms with Crippen molar-refractivity contribution in [2.24, 2.45) is 0 Å². The zero-order valence-electron chi connectivity index (χ0n) is 10.0. The van der Waals surface area contributed by atoms with Gasteiger partial charge in [0.1, 0.15) is 11.6 Å². The first-order chi connectivity index (χ1) is 9.63. The molecule has 0 fully saturated rings. The maximum atomic E-state index is 12.9. The molecule has 0 saturated carbocycles. The fourth-order valence-corrected chi connectivity index (χ4v) is 1.86. The summed E-state index contributed by atoms with van der Waals surface area (Å²) < 4.78 is 18.0. The largest absolute Gasteiger partial charge is 0.507 e. The van der Waals surface area contributed by atoms with Crippen molar-refractivity contribution in [3.63, 3.8) is 0 Å². The molecule has 0 aliphatic carbocycles. The maximum Gasteiger partial charge on any atom is 0.262 e. The Morgan fingerprint density at radius 2 is 1.85 bits per heavy atom. The lowest BCUT2D eigenvalue weighted by Crippen LogP contribution is -1.83. The molecule has 0 unspecified atom stereocenters. The van der Waals surface area contributed by atoms with Crippen LogP contribution >= 0.6 is 11.6 Å². The lowest BCUT2D eigenvalue weighted by atomic mass is 10.2. The van der Waals surface area contributed by atoms with Gasteiger partial charge in [-0.25, -0.2) is 4.39 Å². The van der Waals surface area contributed by atoms with Gasteiger partial charge in [-0.1, -0.05) is 16.8 Å². The molecule has 6 heteroatoms. The average molecular weight is 291 g/mol. The Morgan fingerprint density at radius 1 is 1.10 bits per heavy atom. The Hall–Kier alpha value is -2.40. The monoisotopic (exact) mass is 290 g/mol. The second-order valence-electron chi connectivity index (χ2n) is 4.09. The van der Waals surface area contributed by atoms with Gasteiger partial charge < -0.3 is 9.63 Å². The van der Waals surface area contributed by atoms with Crippen LogP contribution in [0.5, 0.6) is 5.75 Å². The van der Waals surface area contributed by atoms with Crippen LogP contribution in [0.15, 0.2) is 47.0 Å². The zero-order valence-corrected chi connectivity index (χ0v) is 10.8. The number of phenols is 1. The summed E-state index contributed by atoms with van der Waals surface area (Å²) in [6.07, 6.45) is 0. The number of aromatic nitrogens is 2. The number of hydrogen-bond donors (Lipinski definition) is 1. The Labute approximate surface area is 118 Å². The Balaban J connectivity index is 1.99. The highest BCUT2D eigenvalue weighted by Crippen LogP contribution is 2.30. The number of aromatic hydroxyl groups is 1. The average Bonchev–Trinajstić information content (AvgIpc) is 2.89. The highest BCUT2D eigenvalue weighted by molar-refractivity contribution is 6.30. The normalized spacial score (nSPS) is 10.7. The van der Waals surface area contributed by atoms with Crippen LogP contribution < -0.4 is 0 Å². The number of halogens is 2. The number of nitrogens with zero attached hydrogens (tertiary/aromatic N) is 2. The third-order valence-corrected chi connectivity index (χ3v) is 2.97. The van der Waals surface area contributed by atoms with E-state index in [0.717, 1.165) is 11.6 Å². The molecule has 1 heterocycles. The van der Waals surface area contributed by atoms with Gasteiger partial charge in [-0.2, -0.15) is 4.98 Å². The Kier molecular flexibility index (Phi) is 3.12. The Morgan fingerprint density at radius 3 is 2.55 bits per heavy atom. The van der Waals surface area contributed by atoms with E-state index in [1.165, 1.54) is 12.1 Å². The Bertz CT molecular complexity index is 756. The van der Waals surface area contributed by atoms with Crippen LogP contribution in [0.25, 0.3) is 22.8 Å². The second-order valence-corrected chi connectivity index (χ2v) is 4.53. The minimum Gasteiger partial charge on any atom is -0.507 e. The lowest BCUT2D eigenvalue weighted by molar-refractivity contribution is 0.425. The van der Waals surface area contributed by atoms with Crippen molar-refractivity contribution in [3.05, 3.63) is 53.3 Å². The van der Waals surface area contributed by atoms with Crippen LogP contribution in [0.4, 0.5) is 4.39 Å². The van der Waals surface area contributed by atoms with Crippen LogP contribution in [0.2, 0.25) is 5.02 Å². The van der Waals surface area contributed by atoms with Gasteiger partial charge in [-0.3, -0.25) is 0 Å². The molecule has 3 rings (SSSR count). The van der Waals surface area contributed by atoms with Gasteiger partial charge in [0, 0.05) is 16.7 Å². The predicted octanol–water partition coefficient (Wildman–Crippen LogP) is 3.90. The van der Waals surface area contributed by atoms with Crippen molar-refractivity contribution in [1.29, 1.82) is 0 Å². The molecular formula is C14H8ClFN2O2. The second kappa shape index (κ2) is 4.94. The molecule has 3 aromatic rings. The van der Waals surface area contributed by atoms with E-state index in [1.807, 2.05) is 0 Å². The third-order valence-electron chi connectivity index (χ3n) is 2.72. The number of benzene rings is 2. The van der Waals surface area contributed by atoms with E-state index in [9.17, 15) is 9.50 Å². The van der Waals surface area contributed by atoms with E-state index in [2.05, 4.69) is 10.1 Å². The molecular weight excluding hydrogens is 283 g/mol. The first kappa shape index (κ1) is 12.6. The van der Waals surface area contributed by atoms with E-state index < -0.39 is 5.82 Å². The topological polar surface area (TPSA) is 59.2 Å². The van der Waals surface area contributed by atoms with E-state index in [1.54, 1.807) is 24.3 Å². The number of rotatable bonds is 2. The zero-order chi connectivity index (χ0) is 14.1. The van der Waals surface area contributed by atoms with Gasteiger partial charge in [-0.15, -0.1) is 0 Å². The van der Waals surface area contributed by atoms with Crippen molar-refractivity contribution >= 4 is 11.6 Å². The molecule has 0 amide bonds. The van der Waals surface area contributed by atoms with Gasteiger partial charge >= 0.3 is 0 Å². The molecule has 0 aliphatic rings. The molecule has 1 aromatic heterocycles. The summed E-state index contributed by atoms with van der Waals surface area (Å²) in [5.74, 6) is -0.312. The maximum absolute atomic E-state index is 12.9. The summed E-state index contributed by atoms with van der Waals surface area (Å²) >= 11 is 5.80. The minimum absolute atomic E-state index is 0.118. The van der Waals surface area contributed by atoms with Crippen LogP contribution in [-0.2, 0) is 0 Å². The summed E-state index contributed by atoms with van der Waals surface area (Å²) in [5.41, 5.74) is 1.00. The fraction of sp³-hybridized carbons (Fsp3) is 0. The van der Waals surface area contributed by atoms with Gasteiger partial charge in [0.05, 0.1) is 5.56 Å². The summed E-state index contributed by atoms with van der Waals surface area (Å²) in [4.78, 5) is 4.17. The van der Waals surface area contributed by atoms with E-state index in [-0.39, 0.29) is 17.2 Å². The van der Waals surface area contributed by atoms with Crippen molar-refractivity contribution in [3.8, 4) is 28.6 Å². The van der Waals surface area contributed by atoms with Gasteiger partial charge in [0.25, 0.3) is 5.89 Å². The first-order valence-corrected chi connectivity index (χ1v) is 6.10. The van der Waals surface area contributed by atoms with E-state index >= 15 is 0 Å². The summed E-state index contributed by atoms with van der Waals surface area (Å²) in [7, 11) is 0. The molecule has 0 bridgehead atoms. The molecule has 100 valence electrons. The standard InChI is InChI=1S/C14H8ClFN2O2/c15-9-3-1-8(2-4-9)13-17-14(20-18-13)11-6-5-10(16)7-12(11)19/h1-7,19H. The predicted molar refractivity (Wildman–Crippen MR) is 71.8 cm³/mol. The molecule has 0 atom stereocenters. The van der Waals surface area contributed by atoms with Crippen LogP contribution in [-0.4, -0.2) is 15.2 Å². The number of phenolic OH excluding ortho intramolecular Hbond substituents is 1. The summed E-state index contributed by atoms with van der Waals surface area (Å²) in [6.45, 7) is 0. The molecule has 0 radical (unpaired) electrons. The highest BCUT2D eigenvalue weighted by Gasteiger charge is 2.14. The van der Waals surface area contributed by atoms with Crippen molar-refractivity contribution in [1.82, 2.24) is 10.1 Å². The number of hydrogen-bond acceptors (Lipinski definition) is 4. The quantitative estimate of drug-likeness (QED) is 0.777. The summed E-state index contributed by atoms with van der Waals surface area (Å²) in [6, 6.07) is 10.5. The van der Waals surface area contributed by atoms with E-state index in [4.69, 9.17) is 16.1 Å². The first-order valence-electron chi connectivity index (χ1n) is 5.72. The molecule has 0 saturated heterocycles. The van der Waals surface area contributed by atoms with Gasteiger partial charge in [0.15, 0.2) is 0 Å². The lowest BCUT2D eigenvalue weighted by Gasteiger charge is -1.98. The SMILES string of the molecule is Oc1cc(F)ccc1-c1nc(-c2ccc(Cl)cc2)no1. The highest BCUT2D eigenvalue weighted by atomic mass is 35.5. The van der Waals surface area contributed by atoms with Crippen molar-refractivity contribution in [2.75, 3.05) is 0 Å². The summed E-state index contributed by atoms with van der Waals surface area (Å²) in [5, 5.41) is 14.1. The molecule has 1 N–H and O–H groups in total. The van der Waals surface area contributed by atoms with Crippen LogP contribution in [0.3, 0.4) is 0 Å². The molecule has 2 aromatic carbocycles. The van der Waals surface area contributed by atoms with Crippen molar-refractivity contribution < 1.29 is 14.0 Å². The smallest absolute Gasteiger partial charge is 0.262 e. The molecule has 0 spiro atoms. The molecule has 20 heavy (non-hydrogen) atoms. The van der Waals surface area contributed by atoms with Crippen molar-refractivity contribution in [2.45, 2.75) is 0 Å².